The van der Waals surface area contributed by atoms with Crippen LogP contribution in [-0.4, -0.2) is 31.3 Å². The number of nitrogens with one attached hydrogen (secondary N) is 3. The smallest absolute Gasteiger partial charge is 0.261 e. The second kappa shape index (κ2) is 9.04. The summed E-state index contributed by atoms with van der Waals surface area (Å²) in [5, 5.41) is 9.16. The van der Waals surface area contributed by atoms with Crippen LogP contribution in [0.2, 0.25) is 0 Å². The van der Waals surface area contributed by atoms with Crippen molar-refractivity contribution in [1.29, 1.82) is 0 Å². The summed E-state index contributed by atoms with van der Waals surface area (Å²) in [6.45, 7) is 0.0702. The van der Waals surface area contributed by atoms with Crippen molar-refractivity contribution in [1.82, 2.24) is 16.0 Å². The highest BCUT2D eigenvalue weighted by Crippen LogP contribution is 2.17. The van der Waals surface area contributed by atoms with E-state index in [1.807, 2.05) is 0 Å². The van der Waals surface area contributed by atoms with E-state index in [1.165, 1.54) is 24.5 Å². The summed E-state index contributed by atoms with van der Waals surface area (Å²) in [4.78, 5) is 36.3. The Labute approximate surface area is 152 Å². The number of rotatable bonds is 7. The number of carbonyl (C=O) groups is 3. The third kappa shape index (κ3) is 5.09. The quantitative estimate of drug-likeness (QED) is 0.683. The molecule has 1 aromatic heterocycles. The van der Waals surface area contributed by atoms with Crippen molar-refractivity contribution < 1.29 is 23.2 Å². The Bertz CT molecular complexity index is 797. The standard InChI is InChI=1S/C17H17F2N3O3S/c1-20-17(25)15(10-4-5-11(18)12(19)9-10)22-14(23)6-7-21-16(24)13-3-2-8-26-13/h2-5,8-9,15H,6-7H2,1H3,(H,20,25)(H,21,24)(H,22,23). The largest absolute Gasteiger partial charge is 0.357 e. The molecular weight excluding hydrogens is 364 g/mol. The summed E-state index contributed by atoms with van der Waals surface area (Å²) in [5.41, 5.74) is 0.110. The molecule has 2 aromatic rings. The molecule has 0 saturated carbocycles. The van der Waals surface area contributed by atoms with Crippen LogP contribution in [0.3, 0.4) is 0 Å². The van der Waals surface area contributed by atoms with Gasteiger partial charge in [0.25, 0.3) is 5.91 Å². The normalized spacial score (nSPS) is 11.5. The fourth-order valence-electron chi connectivity index (χ4n) is 2.15. The minimum atomic E-state index is -1.17. The van der Waals surface area contributed by atoms with Gasteiger partial charge in [0.15, 0.2) is 11.6 Å². The van der Waals surface area contributed by atoms with Gasteiger partial charge in [0.1, 0.15) is 6.04 Å². The first-order valence-electron chi connectivity index (χ1n) is 7.70. The van der Waals surface area contributed by atoms with E-state index in [0.29, 0.717) is 4.88 Å². The number of thiophene rings is 1. The molecule has 0 fully saturated rings. The van der Waals surface area contributed by atoms with Crippen molar-refractivity contribution >= 4 is 29.1 Å². The Morgan fingerprint density at radius 3 is 2.54 bits per heavy atom. The minimum absolute atomic E-state index is 0.0702. The first kappa shape index (κ1) is 19.5. The van der Waals surface area contributed by atoms with Crippen LogP contribution in [0.1, 0.15) is 27.7 Å². The molecule has 3 amide bonds. The van der Waals surface area contributed by atoms with Gasteiger partial charge in [0, 0.05) is 20.0 Å². The van der Waals surface area contributed by atoms with Gasteiger partial charge < -0.3 is 16.0 Å². The molecule has 0 aliphatic rings. The summed E-state index contributed by atoms with van der Waals surface area (Å²) < 4.78 is 26.5. The van der Waals surface area contributed by atoms with E-state index >= 15 is 0 Å². The maximum Gasteiger partial charge on any atom is 0.261 e. The zero-order valence-corrected chi connectivity index (χ0v) is 14.7. The predicted octanol–water partition coefficient (Wildman–Crippen LogP) is 1.75. The molecule has 0 bridgehead atoms. The van der Waals surface area contributed by atoms with Crippen molar-refractivity contribution in [3.8, 4) is 0 Å². The third-order valence-electron chi connectivity index (χ3n) is 3.47. The van der Waals surface area contributed by atoms with Crippen LogP contribution < -0.4 is 16.0 Å². The number of halogens is 2. The molecular formula is C17H17F2N3O3S. The summed E-state index contributed by atoms with van der Waals surface area (Å²) in [6.07, 6.45) is -0.0751. The molecule has 9 heteroatoms. The molecule has 0 saturated heterocycles. The van der Waals surface area contributed by atoms with Gasteiger partial charge in [0.2, 0.25) is 11.8 Å². The minimum Gasteiger partial charge on any atom is -0.357 e. The number of benzene rings is 1. The molecule has 1 aromatic carbocycles. The van der Waals surface area contributed by atoms with Gasteiger partial charge in [0.05, 0.1) is 4.88 Å². The Kier molecular flexibility index (Phi) is 6.79. The van der Waals surface area contributed by atoms with Gasteiger partial charge in [-0.15, -0.1) is 11.3 Å². The van der Waals surface area contributed by atoms with Crippen molar-refractivity contribution in [3.63, 3.8) is 0 Å². The van der Waals surface area contributed by atoms with Crippen LogP contribution in [0.4, 0.5) is 8.78 Å². The first-order chi connectivity index (χ1) is 12.4. The molecule has 3 N–H and O–H groups in total. The molecule has 0 aliphatic carbocycles. The van der Waals surface area contributed by atoms with Gasteiger partial charge in [-0.2, -0.15) is 0 Å². The van der Waals surface area contributed by atoms with Crippen LogP contribution in [0.25, 0.3) is 0 Å². The molecule has 1 atom stereocenters. The lowest BCUT2D eigenvalue weighted by molar-refractivity contribution is -0.128. The molecule has 2 rings (SSSR count). The van der Waals surface area contributed by atoms with Gasteiger partial charge in [-0.1, -0.05) is 12.1 Å². The van der Waals surface area contributed by atoms with Gasteiger partial charge >= 0.3 is 0 Å². The van der Waals surface area contributed by atoms with E-state index in [9.17, 15) is 23.2 Å². The highest BCUT2D eigenvalue weighted by Gasteiger charge is 2.23. The highest BCUT2D eigenvalue weighted by atomic mass is 32.1. The van der Waals surface area contributed by atoms with E-state index in [1.54, 1.807) is 17.5 Å². The molecule has 0 radical (unpaired) electrons. The number of hydrogen-bond donors (Lipinski definition) is 3. The first-order valence-corrected chi connectivity index (χ1v) is 8.58. The van der Waals surface area contributed by atoms with Crippen LogP contribution in [0, 0.1) is 11.6 Å². The maximum atomic E-state index is 13.4. The van der Waals surface area contributed by atoms with E-state index in [2.05, 4.69) is 16.0 Å². The lowest BCUT2D eigenvalue weighted by Crippen LogP contribution is -2.40. The fourth-order valence-corrected chi connectivity index (χ4v) is 2.79. The Balaban J connectivity index is 1.95. The molecule has 1 heterocycles. The molecule has 6 nitrogen and oxygen atoms in total. The van der Waals surface area contributed by atoms with Crippen molar-refractivity contribution in [2.24, 2.45) is 0 Å². The summed E-state index contributed by atoms with van der Waals surface area (Å²) in [5.74, 6) is -3.56. The average Bonchev–Trinajstić information content (AvgIpc) is 3.16. The van der Waals surface area contributed by atoms with Crippen LogP contribution in [-0.2, 0) is 9.59 Å². The number of hydrogen-bond acceptors (Lipinski definition) is 4. The second-order valence-electron chi connectivity index (χ2n) is 5.27. The molecule has 26 heavy (non-hydrogen) atoms. The molecule has 0 spiro atoms. The van der Waals surface area contributed by atoms with E-state index < -0.39 is 29.5 Å². The summed E-state index contributed by atoms with van der Waals surface area (Å²) in [7, 11) is 1.36. The van der Waals surface area contributed by atoms with Gasteiger partial charge in [-0.3, -0.25) is 14.4 Å². The lowest BCUT2D eigenvalue weighted by Gasteiger charge is -2.18. The Morgan fingerprint density at radius 2 is 1.92 bits per heavy atom. The number of likely N-dealkylation sites (N-methyl/N-ethyl adjacent to an activating group) is 1. The zero-order valence-electron chi connectivity index (χ0n) is 13.8. The lowest BCUT2D eigenvalue weighted by atomic mass is 10.1. The monoisotopic (exact) mass is 381 g/mol. The van der Waals surface area contributed by atoms with Crippen LogP contribution in [0.15, 0.2) is 35.7 Å². The molecule has 1 unspecified atom stereocenters. The van der Waals surface area contributed by atoms with Crippen LogP contribution in [0.5, 0.6) is 0 Å². The summed E-state index contributed by atoms with van der Waals surface area (Å²) in [6, 6.07) is 5.18. The van der Waals surface area contributed by atoms with E-state index in [0.717, 1.165) is 12.1 Å². The topological polar surface area (TPSA) is 87.3 Å². The second-order valence-corrected chi connectivity index (χ2v) is 6.22. The maximum absolute atomic E-state index is 13.4. The van der Waals surface area contributed by atoms with Crippen molar-refractivity contribution in [3.05, 3.63) is 57.8 Å². The third-order valence-corrected chi connectivity index (χ3v) is 4.34. The number of amides is 3. The van der Waals surface area contributed by atoms with Gasteiger partial charge in [-0.05, 0) is 29.1 Å². The van der Waals surface area contributed by atoms with Crippen molar-refractivity contribution in [2.45, 2.75) is 12.5 Å². The number of carbonyl (C=O) groups excluding carboxylic acids is 3. The highest BCUT2D eigenvalue weighted by molar-refractivity contribution is 7.12. The fraction of sp³-hybridized carbons (Fsp3) is 0.235. The zero-order chi connectivity index (χ0) is 19.1. The average molecular weight is 381 g/mol. The van der Waals surface area contributed by atoms with Gasteiger partial charge in [-0.25, -0.2) is 8.78 Å². The molecule has 138 valence electrons. The Morgan fingerprint density at radius 1 is 1.15 bits per heavy atom. The SMILES string of the molecule is CNC(=O)C(NC(=O)CCNC(=O)c1cccs1)c1ccc(F)c(F)c1. The van der Waals surface area contributed by atoms with Crippen molar-refractivity contribution in [2.75, 3.05) is 13.6 Å². The summed E-state index contributed by atoms with van der Waals surface area (Å²) >= 11 is 1.28. The van der Waals surface area contributed by atoms with Crippen LogP contribution >= 0.6 is 11.3 Å². The van der Waals surface area contributed by atoms with E-state index in [4.69, 9.17) is 0 Å². The van der Waals surface area contributed by atoms with E-state index in [-0.39, 0.29) is 24.4 Å². The predicted molar refractivity (Wildman–Crippen MR) is 92.6 cm³/mol. The molecule has 0 aliphatic heterocycles. The Hall–Kier alpha value is -2.81.